The minimum Gasteiger partial charge on any atom is -0.368 e. The number of nitrogens with zero attached hydrogens (tertiary/aromatic N) is 2. The molecule has 104 valence electrons. The van der Waals surface area contributed by atoms with Gasteiger partial charge in [-0.05, 0) is 24.1 Å². The van der Waals surface area contributed by atoms with E-state index in [1.54, 1.807) is 13.0 Å². The molecule has 1 heterocycles. The second kappa shape index (κ2) is 7.23. The number of carbonyl (C=O) groups is 1. The van der Waals surface area contributed by atoms with Crippen molar-refractivity contribution >= 4 is 17.5 Å². The molecular formula is C15H18N4O. The van der Waals surface area contributed by atoms with Gasteiger partial charge in [0.05, 0.1) is 0 Å². The standard InChI is InChI=1S/C15H18N4O/c1-2-15(20)17-14-9-8-13(18-19-14)16-11-10-12-6-4-3-5-7-12/h3-9H,2,10-11H2,1H3,(H,16,18)(H,17,19,20). The summed E-state index contributed by atoms with van der Waals surface area (Å²) in [5.41, 5.74) is 1.28. The second-order valence-electron chi connectivity index (χ2n) is 4.37. The van der Waals surface area contributed by atoms with Crippen LogP contribution in [0.3, 0.4) is 0 Å². The summed E-state index contributed by atoms with van der Waals surface area (Å²) < 4.78 is 0. The van der Waals surface area contributed by atoms with Crippen LogP contribution in [0.2, 0.25) is 0 Å². The third-order valence-corrected chi connectivity index (χ3v) is 2.82. The Labute approximate surface area is 118 Å². The van der Waals surface area contributed by atoms with Gasteiger partial charge in [-0.1, -0.05) is 37.3 Å². The molecule has 0 aliphatic carbocycles. The molecular weight excluding hydrogens is 252 g/mol. The lowest BCUT2D eigenvalue weighted by Crippen LogP contribution is -2.12. The van der Waals surface area contributed by atoms with Crippen LogP contribution >= 0.6 is 0 Å². The molecule has 2 N–H and O–H groups in total. The van der Waals surface area contributed by atoms with Gasteiger partial charge < -0.3 is 10.6 Å². The van der Waals surface area contributed by atoms with Gasteiger partial charge in [0.15, 0.2) is 5.82 Å². The predicted molar refractivity (Wildman–Crippen MR) is 79.6 cm³/mol. The Kier molecular flexibility index (Phi) is 5.06. The number of nitrogens with one attached hydrogen (secondary N) is 2. The number of benzene rings is 1. The molecule has 0 unspecified atom stereocenters. The SMILES string of the molecule is CCC(=O)Nc1ccc(NCCc2ccccc2)nn1. The van der Waals surface area contributed by atoms with Gasteiger partial charge in [0.2, 0.25) is 5.91 Å². The van der Waals surface area contributed by atoms with Crippen molar-refractivity contribution in [2.75, 3.05) is 17.2 Å². The first-order valence-electron chi connectivity index (χ1n) is 6.69. The number of anilines is 2. The summed E-state index contributed by atoms with van der Waals surface area (Å²) in [5.74, 6) is 1.12. The smallest absolute Gasteiger partial charge is 0.225 e. The zero-order valence-electron chi connectivity index (χ0n) is 11.5. The van der Waals surface area contributed by atoms with Gasteiger partial charge in [-0.3, -0.25) is 4.79 Å². The van der Waals surface area contributed by atoms with Crippen LogP contribution in [0.1, 0.15) is 18.9 Å². The molecule has 0 saturated carbocycles. The maximum absolute atomic E-state index is 11.2. The molecule has 1 aromatic carbocycles. The Morgan fingerprint density at radius 1 is 1.05 bits per heavy atom. The molecule has 0 fully saturated rings. The van der Waals surface area contributed by atoms with Crippen LogP contribution in [0.4, 0.5) is 11.6 Å². The van der Waals surface area contributed by atoms with Crippen molar-refractivity contribution in [1.82, 2.24) is 10.2 Å². The molecule has 20 heavy (non-hydrogen) atoms. The van der Waals surface area contributed by atoms with E-state index in [1.807, 2.05) is 24.3 Å². The summed E-state index contributed by atoms with van der Waals surface area (Å²) in [4.78, 5) is 11.2. The molecule has 1 aromatic heterocycles. The molecule has 0 aliphatic rings. The highest BCUT2D eigenvalue weighted by Crippen LogP contribution is 2.07. The molecule has 5 nitrogen and oxygen atoms in total. The number of hydrogen-bond donors (Lipinski definition) is 2. The van der Waals surface area contributed by atoms with Gasteiger partial charge in [-0.2, -0.15) is 0 Å². The average molecular weight is 270 g/mol. The summed E-state index contributed by atoms with van der Waals surface area (Å²) in [6, 6.07) is 13.8. The number of amides is 1. The van der Waals surface area contributed by atoms with Crippen molar-refractivity contribution in [1.29, 1.82) is 0 Å². The van der Waals surface area contributed by atoms with Crippen LogP contribution < -0.4 is 10.6 Å². The third-order valence-electron chi connectivity index (χ3n) is 2.82. The Morgan fingerprint density at radius 2 is 1.75 bits per heavy atom. The first-order chi connectivity index (χ1) is 9.78. The first kappa shape index (κ1) is 14.0. The summed E-state index contributed by atoms with van der Waals surface area (Å²) >= 11 is 0. The predicted octanol–water partition coefficient (Wildman–Crippen LogP) is 2.48. The van der Waals surface area contributed by atoms with E-state index in [4.69, 9.17) is 0 Å². The lowest BCUT2D eigenvalue weighted by molar-refractivity contribution is -0.115. The van der Waals surface area contributed by atoms with E-state index in [9.17, 15) is 4.79 Å². The fourth-order valence-corrected chi connectivity index (χ4v) is 1.70. The highest BCUT2D eigenvalue weighted by molar-refractivity contribution is 5.89. The Balaban J connectivity index is 1.80. The zero-order chi connectivity index (χ0) is 14.2. The van der Waals surface area contributed by atoms with Crippen molar-refractivity contribution in [2.45, 2.75) is 19.8 Å². The minimum absolute atomic E-state index is 0.0657. The molecule has 1 amide bonds. The summed E-state index contributed by atoms with van der Waals surface area (Å²) in [6.07, 6.45) is 1.36. The molecule has 0 saturated heterocycles. The average Bonchev–Trinajstić information content (AvgIpc) is 2.50. The molecule has 0 radical (unpaired) electrons. The largest absolute Gasteiger partial charge is 0.368 e. The topological polar surface area (TPSA) is 66.9 Å². The van der Waals surface area contributed by atoms with Crippen molar-refractivity contribution in [2.24, 2.45) is 0 Å². The number of aromatic nitrogens is 2. The summed E-state index contributed by atoms with van der Waals surface area (Å²) in [5, 5.41) is 13.8. The van der Waals surface area contributed by atoms with Crippen LogP contribution in [-0.2, 0) is 11.2 Å². The van der Waals surface area contributed by atoms with Gasteiger partial charge in [0, 0.05) is 13.0 Å². The van der Waals surface area contributed by atoms with Crippen molar-refractivity contribution in [3.63, 3.8) is 0 Å². The monoisotopic (exact) mass is 270 g/mol. The molecule has 2 rings (SSSR count). The number of rotatable bonds is 6. The molecule has 0 bridgehead atoms. The van der Waals surface area contributed by atoms with Crippen LogP contribution in [0.5, 0.6) is 0 Å². The van der Waals surface area contributed by atoms with E-state index in [0.29, 0.717) is 18.1 Å². The van der Waals surface area contributed by atoms with Crippen molar-refractivity contribution in [3.05, 3.63) is 48.0 Å². The normalized spacial score (nSPS) is 10.1. The van der Waals surface area contributed by atoms with E-state index in [0.717, 1.165) is 13.0 Å². The lowest BCUT2D eigenvalue weighted by Gasteiger charge is -2.06. The van der Waals surface area contributed by atoms with Crippen LogP contribution in [0.25, 0.3) is 0 Å². The zero-order valence-corrected chi connectivity index (χ0v) is 11.5. The van der Waals surface area contributed by atoms with E-state index < -0.39 is 0 Å². The fraction of sp³-hybridized carbons (Fsp3) is 0.267. The molecule has 5 heteroatoms. The fourth-order valence-electron chi connectivity index (χ4n) is 1.70. The maximum Gasteiger partial charge on any atom is 0.225 e. The van der Waals surface area contributed by atoms with E-state index in [2.05, 4.69) is 33.0 Å². The maximum atomic E-state index is 11.2. The third kappa shape index (κ3) is 4.35. The molecule has 0 spiro atoms. The highest BCUT2D eigenvalue weighted by atomic mass is 16.1. The minimum atomic E-state index is -0.0657. The first-order valence-corrected chi connectivity index (χ1v) is 6.69. The van der Waals surface area contributed by atoms with Gasteiger partial charge in [-0.15, -0.1) is 10.2 Å². The Hall–Kier alpha value is -2.43. The number of hydrogen-bond acceptors (Lipinski definition) is 4. The van der Waals surface area contributed by atoms with Crippen molar-refractivity contribution < 1.29 is 4.79 Å². The highest BCUT2D eigenvalue weighted by Gasteiger charge is 2.01. The van der Waals surface area contributed by atoms with Crippen LogP contribution in [0.15, 0.2) is 42.5 Å². The van der Waals surface area contributed by atoms with E-state index in [-0.39, 0.29) is 5.91 Å². The molecule has 0 aliphatic heterocycles. The van der Waals surface area contributed by atoms with Crippen LogP contribution in [-0.4, -0.2) is 22.6 Å². The quantitative estimate of drug-likeness (QED) is 0.846. The summed E-state index contributed by atoms with van der Waals surface area (Å²) in [7, 11) is 0. The van der Waals surface area contributed by atoms with E-state index >= 15 is 0 Å². The summed E-state index contributed by atoms with van der Waals surface area (Å²) in [6.45, 7) is 2.58. The van der Waals surface area contributed by atoms with Crippen LogP contribution in [0, 0.1) is 0 Å². The van der Waals surface area contributed by atoms with Gasteiger partial charge in [0.25, 0.3) is 0 Å². The van der Waals surface area contributed by atoms with Gasteiger partial charge in [-0.25, -0.2) is 0 Å². The van der Waals surface area contributed by atoms with Gasteiger partial charge in [0.1, 0.15) is 5.82 Å². The van der Waals surface area contributed by atoms with Gasteiger partial charge >= 0.3 is 0 Å². The lowest BCUT2D eigenvalue weighted by atomic mass is 10.1. The molecule has 0 atom stereocenters. The van der Waals surface area contributed by atoms with Crippen molar-refractivity contribution in [3.8, 4) is 0 Å². The number of carbonyl (C=O) groups excluding carboxylic acids is 1. The molecule has 2 aromatic rings. The Morgan fingerprint density at radius 3 is 2.40 bits per heavy atom. The second-order valence-corrected chi connectivity index (χ2v) is 4.37. The van der Waals surface area contributed by atoms with E-state index in [1.165, 1.54) is 5.56 Å². The Bertz CT molecular complexity index is 540.